The lowest BCUT2D eigenvalue weighted by Gasteiger charge is -2.21. The summed E-state index contributed by atoms with van der Waals surface area (Å²) in [4.78, 5) is 10.7. The van der Waals surface area contributed by atoms with Crippen LogP contribution in [0.5, 0.6) is 0 Å². The first-order valence-electron chi connectivity index (χ1n) is 21.4. The molecule has 2 unspecified atom stereocenters. The van der Waals surface area contributed by atoms with Crippen molar-refractivity contribution in [2.24, 2.45) is 0 Å². The van der Waals surface area contributed by atoms with Crippen molar-refractivity contribution >= 4 is 61.1 Å². The third-order valence-electron chi connectivity index (χ3n) is 12.9. The number of thioether (sulfide) groups is 1. The molecule has 0 N–H and O–H groups in total. The maximum absolute atomic E-state index is 6.45. The van der Waals surface area contributed by atoms with Crippen LogP contribution >= 0.6 is 11.8 Å². The molecule has 11 aromatic rings. The lowest BCUT2D eigenvalue weighted by atomic mass is 9.85. The zero-order valence-electron chi connectivity index (χ0n) is 34.0. The summed E-state index contributed by atoms with van der Waals surface area (Å²) in [6, 6.07) is 65.3. The van der Waals surface area contributed by atoms with Gasteiger partial charge >= 0.3 is 0 Å². The molecule has 63 heavy (non-hydrogen) atoms. The second-order valence-electron chi connectivity index (χ2n) is 16.4. The summed E-state index contributed by atoms with van der Waals surface area (Å²) in [6.45, 7) is 0. The number of nitrogens with zero attached hydrogens (tertiary/aromatic N) is 3. The topological polar surface area (TPSA) is 43.9 Å². The predicted octanol–water partition coefficient (Wildman–Crippen LogP) is 15.4. The first-order chi connectivity index (χ1) is 31.2. The summed E-state index contributed by atoms with van der Waals surface area (Å²) < 4.78 is 8.86. The van der Waals surface area contributed by atoms with Gasteiger partial charge < -0.3 is 8.98 Å². The molecule has 0 radical (unpaired) electrons. The van der Waals surface area contributed by atoms with Crippen molar-refractivity contribution in [1.82, 2.24) is 14.5 Å². The smallest absolute Gasteiger partial charge is 0.135 e. The minimum absolute atomic E-state index is 0.285. The summed E-state index contributed by atoms with van der Waals surface area (Å²) >= 11 is 1.97. The highest BCUT2D eigenvalue weighted by atomic mass is 32.2. The molecular formula is C58H37N3OS. The zero-order valence-corrected chi connectivity index (χ0v) is 34.8. The van der Waals surface area contributed by atoms with Gasteiger partial charge in [-0.05, 0) is 124 Å². The molecule has 296 valence electrons. The largest absolute Gasteiger partial charge is 0.456 e. The Morgan fingerprint density at radius 2 is 1.10 bits per heavy atom. The van der Waals surface area contributed by atoms with E-state index in [0.717, 1.165) is 61.3 Å². The normalized spacial score (nSPS) is 15.6. The molecule has 4 nitrogen and oxygen atoms in total. The highest BCUT2D eigenvalue weighted by molar-refractivity contribution is 8.00. The minimum Gasteiger partial charge on any atom is -0.456 e. The number of hydrogen-bond acceptors (Lipinski definition) is 4. The standard InChI is InChI=1S/C58H37N3OS/c1-3-13-43(51-16-7-9-29-59-51)41(11-1)38-20-25-55-47(33-38)48-35-40(23-26-56(48)62-55)61-53-18-6-5-15-45(53)46-31-36(19-24-54(46)61)37-21-27-57-49(32-37)50-34-39(22-28-58(50)63-57)42-12-2-4-14-44(42)52-17-8-10-30-60-52/h1-35,50,58H. The van der Waals surface area contributed by atoms with Crippen LogP contribution in [0.25, 0.3) is 99.8 Å². The molecule has 1 aliphatic heterocycles. The first-order valence-corrected chi connectivity index (χ1v) is 22.3. The fourth-order valence-electron chi connectivity index (χ4n) is 9.93. The Morgan fingerprint density at radius 1 is 0.476 bits per heavy atom. The molecule has 0 saturated heterocycles. The number of aromatic nitrogens is 3. The van der Waals surface area contributed by atoms with Crippen LogP contribution in [0, 0.1) is 0 Å². The molecule has 0 saturated carbocycles. The lowest BCUT2D eigenvalue weighted by Crippen LogP contribution is -2.09. The number of rotatable bonds is 6. The fraction of sp³-hybridized carbons (Fsp3) is 0.0345. The molecule has 0 spiro atoms. The molecule has 0 bridgehead atoms. The van der Waals surface area contributed by atoms with Crippen molar-refractivity contribution in [3.8, 4) is 50.5 Å². The molecule has 0 fully saturated rings. The number of para-hydroxylation sites is 1. The van der Waals surface area contributed by atoms with Gasteiger partial charge in [-0.2, -0.15) is 0 Å². The predicted molar refractivity (Wildman–Crippen MR) is 261 cm³/mol. The number of furan rings is 1. The van der Waals surface area contributed by atoms with E-state index in [-0.39, 0.29) is 5.92 Å². The van der Waals surface area contributed by atoms with Gasteiger partial charge in [-0.25, -0.2) is 0 Å². The van der Waals surface area contributed by atoms with Gasteiger partial charge in [-0.1, -0.05) is 115 Å². The van der Waals surface area contributed by atoms with Gasteiger partial charge in [0.2, 0.25) is 0 Å². The van der Waals surface area contributed by atoms with E-state index in [9.17, 15) is 0 Å². The molecule has 2 atom stereocenters. The van der Waals surface area contributed by atoms with E-state index in [2.05, 4.69) is 192 Å². The third-order valence-corrected chi connectivity index (χ3v) is 14.2. The van der Waals surface area contributed by atoms with Crippen LogP contribution in [0.4, 0.5) is 0 Å². The quantitative estimate of drug-likeness (QED) is 0.168. The van der Waals surface area contributed by atoms with Gasteiger partial charge in [0, 0.05) is 66.8 Å². The number of allylic oxidation sites excluding steroid dienone is 3. The number of hydrogen-bond donors (Lipinski definition) is 0. The lowest BCUT2D eigenvalue weighted by molar-refractivity contribution is 0.669. The molecule has 1 aliphatic carbocycles. The summed E-state index contributed by atoms with van der Waals surface area (Å²) in [5.41, 5.74) is 18.0. The van der Waals surface area contributed by atoms with Gasteiger partial charge in [-0.15, -0.1) is 11.8 Å². The van der Waals surface area contributed by atoms with Crippen LogP contribution in [0.3, 0.4) is 0 Å². The van der Waals surface area contributed by atoms with E-state index in [4.69, 9.17) is 9.40 Å². The van der Waals surface area contributed by atoms with E-state index in [1.165, 1.54) is 54.5 Å². The summed E-state index contributed by atoms with van der Waals surface area (Å²) in [6.07, 6.45) is 10.9. The van der Waals surface area contributed by atoms with Crippen molar-refractivity contribution < 1.29 is 4.42 Å². The maximum Gasteiger partial charge on any atom is 0.135 e. The number of benzene rings is 7. The Labute approximate surface area is 368 Å². The van der Waals surface area contributed by atoms with Crippen molar-refractivity contribution in [2.75, 3.05) is 0 Å². The Morgan fingerprint density at radius 3 is 1.89 bits per heavy atom. The van der Waals surface area contributed by atoms with E-state index in [1.807, 2.05) is 42.4 Å². The molecule has 7 aromatic carbocycles. The van der Waals surface area contributed by atoms with Crippen LogP contribution in [0.1, 0.15) is 17.0 Å². The van der Waals surface area contributed by atoms with Gasteiger partial charge in [-0.3, -0.25) is 9.97 Å². The van der Waals surface area contributed by atoms with E-state index < -0.39 is 0 Å². The second-order valence-corrected chi connectivity index (χ2v) is 17.7. The molecular weight excluding hydrogens is 787 g/mol. The maximum atomic E-state index is 6.45. The van der Waals surface area contributed by atoms with Gasteiger partial charge in [0.25, 0.3) is 0 Å². The van der Waals surface area contributed by atoms with Crippen LogP contribution in [-0.2, 0) is 0 Å². The highest BCUT2D eigenvalue weighted by Crippen LogP contribution is 2.51. The van der Waals surface area contributed by atoms with Crippen molar-refractivity contribution in [1.29, 1.82) is 0 Å². The van der Waals surface area contributed by atoms with Crippen LogP contribution in [0.15, 0.2) is 222 Å². The van der Waals surface area contributed by atoms with Crippen molar-refractivity contribution in [3.05, 3.63) is 224 Å². The van der Waals surface area contributed by atoms with Gasteiger partial charge in [0.15, 0.2) is 0 Å². The summed E-state index contributed by atoms with van der Waals surface area (Å²) in [7, 11) is 0. The second kappa shape index (κ2) is 14.4. The average Bonchev–Trinajstić information content (AvgIpc) is 4.02. The minimum atomic E-state index is 0.285. The van der Waals surface area contributed by atoms with Gasteiger partial charge in [0.1, 0.15) is 11.2 Å². The Kier molecular flexibility index (Phi) is 8.25. The molecule has 4 aromatic heterocycles. The van der Waals surface area contributed by atoms with Crippen molar-refractivity contribution in [2.45, 2.75) is 16.1 Å². The average molecular weight is 824 g/mol. The van der Waals surface area contributed by atoms with E-state index >= 15 is 0 Å². The molecule has 2 aliphatic rings. The van der Waals surface area contributed by atoms with E-state index in [1.54, 1.807) is 0 Å². The number of pyridine rings is 2. The monoisotopic (exact) mass is 823 g/mol. The molecule has 5 heteroatoms. The van der Waals surface area contributed by atoms with E-state index in [0.29, 0.717) is 5.25 Å². The number of fused-ring (bicyclic) bond motifs is 9. The Hall–Kier alpha value is -7.73. The van der Waals surface area contributed by atoms with Gasteiger partial charge in [0.05, 0.1) is 22.4 Å². The summed E-state index contributed by atoms with van der Waals surface area (Å²) in [5.74, 6) is 0.285. The molecule has 5 heterocycles. The first kappa shape index (κ1) is 36.0. The summed E-state index contributed by atoms with van der Waals surface area (Å²) in [5, 5.41) is 5.02. The third kappa shape index (κ3) is 5.92. The zero-order chi connectivity index (χ0) is 41.4. The van der Waals surface area contributed by atoms with Crippen LogP contribution < -0.4 is 0 Å². The Bertz CT molecular complexity index is 3670. The molecule has 0 amide bonds. The highest BCUT2D eigenvalue weighted by Gasteiger charge is 2.33. The van der Waals surface area contributed by atoms with Crippen LogP contribution in [0.2, 0.25) is 0 Å². The Balaban J connectivity index is 0.887. The fourth-order valence-corrected chi connectivity index (χ4v) is 11.2. The van der Waals surface area contributed by atoms with Crippen LogP contribution in [-0.4, -0.2) is 19.8 Å². The molecule has 13 rings (SSSR count). The SMILES string of the molecule is C1=CC2Sc3ccc(-c4ccc5c(c4)c4ccccc4n5-c4ccc5oc6ccc(-c7ccccc7-c7ccccn7)cc6c5c4)cc3C2C=C1c1ccccc1-c1ccccn1. The van der Waals surface area contributed by atoms with Crippen molar-refractivity contribution in [3.63, 3.8) is 0 Å².